The fourth-order valence-electron chi connectivity index (χ4n) is 3.30. The summed E-state index contributed by atoms with van der Waals surface area (Å²) < 4.78 is 28.6. The van der Waals surface area contributed by atoms with Crippen LogP contribution in [0.4, 0.5) is 0 Å². The van der Waals surface area contributed by atoms with E-state index in [9.17, 15) is 8.42 Å². The smallest absolute Gasteiger partial charge is 0.242 e. The van der Waals surface area contributed by atoms with Gasteiger partial charge in [-0.15, -0.1) is 11.3 Å². The van der Waals surface area contributed by atoms with Gasteiger partial charge in [0.05, 0.1) is 3.79 Å². The number of thiophene rings is 1. The first-order chi connectivity index (χ1) is 9.99. The second-order valence-corrected chi connectivity index (χ2v) is 9.87. The summed E-state index contributed by atoms with van der Waals surface area (Å²) in [6.07, 6.45) is 4.24. The maximum absolute atomic E-state index is 12.6. The van der Waals surface area contributed by atoms with Crippen LogP contribution in [-0.2, 0) is 16.6 Å². The standard InChI is InChI=1S/C13H20BrN3O2S2/c14-13-12(7-11(8-15)20-13)21(18,19)16-9-3-5-17-4-1-2-10(17)6-9/h7,9-10,16H,1-6,8,15H2. The van der Waals surface area contributed by atoms with Crippen molar-refractivity contribution in [1.82, 2.24) is 9.62 Å². The van der Waals surface area contributed by atoms with Crippen LogP contribution in [0.15, 0.2) is 14.7 Å². The van der Waals surface area contributed by atoms with E-state index in [1.165, 1.54) is 30.7 Å². The minimum Gasteiger partial charge on any atom is -0.326 e. The quantitative estimate of drug-likeness (QED) is 0.818. The molecule has 2 aliphatic heterocycles. The zero-order chi connectivity index (χ0) is 15.0. The molecular formula is C13H20BrN3O2S2. The topological polar surface area (TPSA) is 75.4 Å². The molecule has 0 aliphatic carbocycles. The van der Waals surface area contributed by atoms with Gasteiger partial charge in [0.25, 0.3) is 0 Å². The number of nitrogens with zero attached hydrogens (tertiary/aromatic N) is 1. The number of nitrogens with one attached hydrogen (secondary N) is 1. The number of hydrogen-bond donors (Lipinski definition) is 2. The highest BCUT2D eigenvalue weighted by molar-refractivity contribution is 9.11. The van der Waals surface area contributed by atoms with Crippen LogP contribution >= 0.6 is 27.3 Å². The van der Waals surface area contributed by atoms with Crippen molar-refractivity contribution in [3.8, 4) is 0 Å². The van der Waals surface area contributed by atoms with Crippen molar-refractivity contribution in [2.45, 2.75) is 49.2 Å². The average molecular weight is 394 g/mol. The van der Waals surface area contributed by atoms with Crippen LogP contribution in [0.3, 0.4) is 0 Å². The van der Waals surface area contributed by atoms with Crippen LogP contribution in [0.25, 0.3) is 0 Å². The molecule has 1 aromatic rings. The summed E-state index contributed by atoms with van der Waals surface area (Å²) in [7, 11) is -3.47. The lowest BCUT2D eigenvalue weighted by Crippen LogP contribution is -2.47. The third-order valence-corrected chi connectivity index (χ3v) is 8.13. The van der Waals surface area contributed by atoms with Crippen LogP contribution < -0.4 is 10.5 Å². The van der Waals surface area contributed by atoms with Crippen molar-refractivity contribution in [1.29, 1.82) is 0 Å². The third-order valence-electron chi connectivity index (χ3n) is 4.34. The summed E-state index contributed by atoms with van der Waals surface area (Å²) in [4.78, 5) is 3.67. The van der Waals surface area contributed by atoms with Crippen molar-refractivity contribution in [3.63, 3.8) is 0 Å². The van der Waals surface area contributed by atoms with E-state index in [0.717, 1.165) is 24.3 Å². The maximum atomic E-state index is 12.6. The summed E-state index contributed by atoms with van der Waals surface area (Å²) >= 11 is 4.72. The second kappa shape index (κ2) is 6.25. The van der Waals surface area contributed by atoms with Crippen LogP contribution in [-0.4, -0.2) is 38.5 Å². The highest BCUT2D eigenvalue weighted by Crippen LogP contribution is 2.33. The molecule has 0 aromatic carbocycles. The fraction of sp³-hybridized carbons (Fsp3) is 0.692. The first-order valence-corrected chi connectivity index (χ1v) is 10.3. The Hall–Kier alpha value is 0.01000. The van der Waals surface area contributed by atoms with Crippen molar-refractivity contribution in [2.24, 2.45) is 5.73 Å². The molecule has 2 saturated heterocycles. The maximum Gasteiger partial charge on any atom is 0.242 e. The number of sulfonamides is 1. The Morgan fingerprint density at radius 3 is 2.95 bits per heavy atom. The Balaban J connectivity index is 1.72. The van der Waals surface area contributed by atoms with E-state index in [0.29, 0.717) is 21.3 Å². The molecule has 0 radical (unpaired) electrons. The summed E-state index contributed by atoms with van der Waals surface area (Å²) in [6.45, 7) is 2.52. The Morgan fingerprint density at radius 2 is 2.24 bits per heavy atom. The molecule has 3 N–H and O–H groups in total. The van der Waals surface area contributed by atoms with E-state index in [-0.39, 0.29) is 6.04 Å². The van der Waals surface area contributed by atoms with E-state index >= 15 is 0 Å². The minimum atomic E-state index is -3.47. The number of hydrogen-bond acceptors (Lipinski definition) is 5. The summed E-state index contributed by atoms with van der Waals surface area (Å²) in [6, 6.07) is 2.27. The van der Waals surface area contributed by atoms with E-state index in [1.807, 2.05) is 0 Å². The molecule has 21 heavy (non-hydrogen) atoms. The monoisotopic (exact) mass is 393 g/mol. The molecule has 2 aliphatic rings. The van der Waals surface area contributed by atoms with Gasteiger partial charge < -0.3 is 10.6 Å². The van der Waals surface area contributed by atoms with E-state index in [2.05, 4.69) is 25.6 Å². The molecule has 2 unspecified atom stereocenters. The van der Waals surface area contributed by atoms with Gasteiger partial charge in [0.1, 0.15) is 4.90 Å². The SMILES string of the molecule is NCc1cc(S(=O)(=O)NC2CCN3CCCC3C2)c(Br)s1. The highest BCUT2D eigenvalue weighted by Gasteiger charge is 2.34. The zero-order valence-corrected chi connectivity index (χ0v) is 14.9. The number of nitrogens with two attached hydrogens (primary N) is 1. The summed E-state index contributed by atoms with van der Waals surface area (Å²) in [5.41, 5.74) is 5.59. The lowest BCUT2D eigenvalue weighted by molar-refractivity contribution is 0.176. The van der Waals surface area contributed by atoms with Gasteiger partial charge in [0.15, 0.2) is 0 Å². The minimum absolute atomic E-state index is 0.0440. The van der Waals surface area contributed by atoms with E-state index in [4.69, 9.17) is 5.73 Å². The van der Waals surface area contributed by atoms with Crippen molar-refractivity contribution in [2.75, 3.05) is 13.1 Å². The van der Waals surface area contributed by atoms with Crippen LogP contribution in [0, 0.1) is 0 Å². The lowest BCUT2D eigenvalue weighted by atomic mass is 9.99. The Kier molecular flexibility index (Phi) is 4.73. The second-order valence-electron chi connectivity index (χ2n) is 5.73. The first kappa shape index (κ1) is 15.9. The normalized spacial score (nSPS) is 27.0. The molecule has 0 amide bonds. The molecule has 118 valence electrons. The molecule has 1 aromatic heterocycles. The predicted molar refractivity (Wildman–Crippen MR) is 87.8 cm³/mol. The van der Waals surface area contributed by atoms with Crippen molar-refractivity contribution >= 4 is 37.3 Å². The first-order valence-electron chi connectivity index (χ1n) is 7.24. The largest absolute Gasteiger partial charge is 0.326 e. The number of fused-ring (bicyclic) bond motifs is 1. The molecule has 0 bridgehead atoms. The summed E-state index contributed by atoms with van der Waals surface area (Å²) in [5.74, 6) is 0. The van der Waals surface area contributed by atoms with Gasteiger partial charge in [0.2, 0.25) is 10.0 Å². The molecular weight excluding hydrogens is 374 g/mol. The number of rotatable bonds is 4. The molecule has 2 atom stereocenters. The van der Waals surface area contributed by atoms with Crippen molar-refractivity contribution < 1.29 is 8.42 Å². The molecule has 3 rings (SSSR count). The van der Waals surface area contributed by atoms with Crippen LogP contribution in [0.1, 0.15) is 30.6 Å². The lowest BCUT2D eigenvalue weighted by Gasteiger charge is -2.34. The van der Waals surface area contributed by atoms with E-state index in [1.54, 1.807) is 6.07 Å². The van der Waals surface area contributed by atoms with Gasteiger partial charge in [-0.1, -0.05) is 0 Å². The Labute approximate surface area is 138 Å². The van der Waals surface area contributed by atoms with Gasteiger partial charge in [-0.25, -0.2) is 13.1 Å². The van der Waals surface area contributed by atoms with Gasteiger partial charge in [-0.05, 0) is 60.8 Å². The summed E-state index contributed by atoms with van der Waals surface area (Å²) in [5, 5.41) is 0. The zero-order valence-electron chi connectivity index (χ0n) is 11.7. The van der Waals surface area contributed by atoms with Gasteiger partial charge in [-0.3, -0.25) is 0 Å². The van der Waals surface area contributed by atoms with Crippen LogP contribution in [0.2, 0.25) is 0 Å². The molecule has 2 fully saturated rings. The van der Waals surface area contributed by atoms with Crippen LogP contribution in [0.5, 0.6) is 0 Å². The number of piperidine rings is 1. The van der Waals surface area contributed by atoms with Gasteiger partial charge in [-0.2, -0.15) is 0 Å². The fourth-order valence-corrected chi connectivity index (χ4v) is 7.14. The molecule has 5 nitrogen and oxygen atoms in total. The number of halogens is 1. The van der Waals surface area contributed by atoms with E-state index < -0.39 is 10.0 Å². The molecule has 0 saturated carbocycles. The van der Waals surface area contributed by atoms with Gasteiger partial charge >= 0.3 is 0 Å². The average Bonchev–Trinajstić information content (AvgIpc) is 3.04. The molecule has 3 heterocycles. The third kappa shape index (κ3) is 3.35. The highest BCUT2D eigenvalue weighted by atomic mass is 79.9. The predicted octanol–water partition coefficient (Wildman–Crippen LogP) is 1.87. The Morgan fingerprint density at radius 1 is 1.43 bits per heavy atom. The Bertz CT molecular complexity index is 617. The van der Waals surface area contributed by atoms with Crippen molar-refractivity contribution in [3.05, 3.63) is 14.7 Å². The molecule has 0 spiro atoms. The van der Waals surface area contributed by atoms with Gasteiger partial charge in [0, 0.05) is 23.5 Å². The molecule has 8 heteroatoms.